The molecule has 1 atom stereocenters. The summed E-state index contributed by atoms with van der Waals surface area (Å²) < 4.78 is 0. The van der Waals surface area contributed by atoms with Crippen LogP contribution in [-0.4, -0.2) is 27.5 Å². The van der Waals surface area contributed by atoms with Crippen LogP contribution in [0.4, 0.5) is 0 Å². The Morgan fingerprint density at radius 1 is 0.969 bits per heavy atom. The number of aromatic amines is 1. The molecule has 3 N–H and O–H groups in total. The number of aliphatic hydroxyl groups is 1. The Labute approximate surface area is 189 Å². The number of aromatic nitrogens is 2. The predicted octanol–water partition coefficient (Wildman–Crippen LogP) is 5.50. The zero-order valence-corrected chi connectivity index (χ0v) is 17.8. The van der Waals surface area contributed by atoms with Gasteiger partial charge in [-0.15, -0.1) is 0 Å². The van der Waals surface area contributed by atoms with Crippen molar-refractivity contribution in [2.75, 3.05) is 6.54 Å². The highest BCUT2D eigenvalue weighted by Gasteiger charge is 2.19. The smallest absolute Gasteiger partial charge is 0.270 e. The van der Waals surface area contributed by atoms with Crippen LogP contribution in [0.1, 0.15) is 22.2 Å². The third kappa shape index (κ3) is 3.73. The van der Waals surface area contributed by atoms with Crippen molar-refractivity contribution in [2.24, 2.45) is 0 Å². The number of aliphatic hydroxyl groups excluding tert-OH is 1. The van der Waals surface area contributed by atoms with Gasteiger partial charge < -0.3 is 15.4 Å². The zero-order valence-electron chi connectivity index (χ0n) is 17.0. The summed E-state index contributed by atoms with van der Waals surface area (Å²) in [6.07, 6.45) is -0.806. The minimum absolute atomic E-state index is 0.0812. The summed E-state index contributed by atoms with van der Waals surface area (Å²) in [6.45, 7) is 0.0812. The summed E-state index contributed by atoms with van der Waals surface area (Å²) >= 11 is 6.47. The van der Waals surface area contributed by atoms with Crippen LogP contribution in [0.5, 0.6) is 0 Å². The van der Waals surface area contributed by atoms with E-state index in [0.717, 1.165) is 32.9 Å². The number of nitrogens with zero attached hydrogens (tertiary/aromatic N) is 1. The van der Waals surface area contributed by atoms with Gasteiger partial charge in [0.1, 0.15) is 5.69 Å². The fourth-order valence-electron chi connectivity index (χ4n) is 3.88. The molecule has 5 rings (SSSR count). The largest absolute Gasteiger partial charge is 0.387 e. The lowest BCUT2D eigenvalue weighted by Gasteiger charge is -2.13. The summed E-state index contributed by atoms with van der Waals surface area (Å²) in [6, 6.07) is 26.3. The Morgan fingerprint density at radius 3 is 2.50 bits per heavy atom. The first-order valence-electron chi connectivity index (χ1n) is 10.3. The van der Waals surface area contributed by atoms with Crippen molar-refractivity contribution in [1.82, 2.24) is 15.3 Å². The standard InChI is InChI=1S/C26H20ClN3O2/c27-20-12-6-4-11-18(20)24-25-19(17-10-5-7-13-21(17)29-25)14-22(30-24)26(32)28-15-23(31)16-8-2-1-3-9-16/h1-14,23,29,31H,15H2,(H,28,32). The van der Waals surface area contributed by atoms with Gasteiger partial charge >= 0.3 is 0 Å². The number of para-hydroxylation sites is 1. The number of halogens is 1. The first-order valence-corrected chi connectivity index (χ1v) is 10.7. The van der Waals surface area contributed by atoms with E-state index in [4.69, 9.17) is 11.6 Å². The van der Waals surface area contributed by atoms with Crippen LogP contribution in [0.3, 0.4) is 0 Å². The summed E-state index contributed by atoms with van der Waals surface area (Å²) in [5.74, 6) is -0.361. The van der Waals surface area contributed by atoms with Crippen LogP contribution in [-0.2, 0) is 0 Å². The fraction of sp³-hybridized carbons (Fsp3) is 0.0769. The number of benzene rings is 3. The van der Waals surface area contributed by atoms with Gasteiger partial charge in [-0.1, -0.05) is 78.3 Å². The lowest BCUT2D eigenvalue weighted by molar-refractivity contribution is 0.0911. The van der Waals surface area contributed by atoms with E-state index in [0.29, 0.717) is 10.7 Å². The Kier molecular flexibility index (Phi) is 5.35. The normalized spacial score (nSPS) is 12.2. The van der Waals surface area contributed by atoms with Gasteiger partial charge in [-0.3, -0.25) is 4.79 Å². The number of fused-ring (bicyclic) bond motifs is 3. The first-order chi connectivity index (χ1) is 15.6. The maximum absolute atomic E-state index is 13.0. The number of hydrogen-bond acceptors (Lipinski definition) is 3. The van der Waals surface area contributed by atoms with E-state index in [2.05, 4.69) is 15.3 Å². The molecular formula is C26H20ClN3O2. The predicted molar refractivity (Wildman–Crippen MR) is 128 cm³/mol. The Bertz CT molecular complexity index is 1430. The molecular weight excluding hydrogens is 422 g/mol. The van der Waals surface area contributed by atoms with Crippen molar-refractivity contribution in [1.29, 1.82) is 0 Å². The van der Waals surface area contributed by atoms with Crippen LogP contribution in [0.15, 0.2) is 84.9 Å². The molecule has 0 aliphatic rings. The molecule has 5 nitrogen and oxygen atoms in total. The van der Waals surface area contributed by atoms with Crippen LogP contribution in [0.25, 0.3) is 33.1 Å². The molecule has 0 fully saturated rings. The SMILES string of the molecule is O=C(NCC(O)c1ccccc1)c1cc2c([nH]c3ccccc32)c(-c2ccccc2Cl)n1. The second kappa shape index (κ2) is 8.46. The van der Waals surface area contributed by atoms with Gasteiger partial charge in [-0.25, -0.2) is 4.98 Å². The van der Waals surface area contributed by atoms with Gasteiger partial charge in [0, 0.05) is 28.4 Å². The Hall–Kier alpha value is -3.67. The number of rotatable bonds is 5. The van der Waals surface area contributed by atoms with Gasteiger partial charge in [0.2, 0.25) is 0 Å². The van der Waals surface area contributed by atoms with E-state index in [9.17, 15) is 9.90 Å². The minimum Gasteiger partial charge on any atom is -0.387 e. The number of pyridine rings is 1. The fourth-order valence-corrected chi connectivity index (χ4v) is 4.11. The minimum atomic E-state index is -0.806. The van der Waals surface area contributed by atoms with E-state index in [1.807, 2.05) is 72.8 Å². The maximum atomic E-state index is 13.0. The molecule has 0 bridgehead atoms. The number of hydrogen-bond donors (Lipinski definition) is 3. The monoisotopic (exact) mass is 441 g/mol. The highest BCUT2D eigenvalue weighted by Crippen LogP contribution is 2.35. The molecule has 0 spiro atoms. The van der Waals surface area contributed by atoms with E-state index in [1.54, 1.807) is 12.1 Å². The Morgan fingerprint density at radius 2 is 1.69 bits per heavy atom. The van der Waals surface area contributed by atoms with Crippen molar-refractivity contribution in [2.45, 2.75) is 6.10 Å². The van der Waals surface area contributed by atoms with Crippen LogP contribution >= 0.6 is 11.6 Å². The highest BCUT2D eigenvalue weighted by atomic mass is 35.5. The van der Waals surface area contributed by atoms with Gasteiger partial charge in [-0.05, 0) is 23.8 Å². The molecule has 0 aliphatic heterocycles. The lowest BCUT2D eigenvalue weighted by atomic mass is 10.1. The molecule has 0 radical (unpaired) electrons. The van der Waals surface area contributed by atoms with Crippen LogP contribution < -0.4 is 5.32 Å². The second-order valence-electron chi connectivity index (χ2n) is 7.57. The molecule has 32 heavy (non-hydrogen) atoms. The topological polar surface area (TPSA) is 78.0 Å². The van der Waals surface area contributed by atoms with Crippen molar-refractivity contribution < 1.29 is 9.90 Å². The van der Waals surface area contributed by atoms with Gasteiger partial charge in [0.25, 0.3) is 5.91 Å². The molecule has 6 heteroatoms. The summed E-state index contributed by atoms with van der Waals surface area (Å²) in [5.41, 5.74) is 4.12. The zero-order chi connectivity index (χ0) is 22.1. The summed E-state index contributed by atoms with van der Waals surface area (Å²) in [4.78, 5) is 21.1. The number of carbonyl (C=O) groups excluding carboxylic acids is 1. The van der Waals surface area contributed by atoms with Gasteiger partial charge in [0.05, 0.1) is 22.3 Å². The second-order valence-corrected chi connectivity index (χ2v) is 7.97. The Balaban J connectivity index is 1.56. The third-order valence-corrected chi connectivity index (χ3v) is 5.83. The molecule has 2 heterocycles. The molecule has 0 saturated heterocycles. The molecule has 1 unspecified atom stereocenters. The number of nitrogens with one attached hydrogen (secondary N) is 2. The van der Waals surface area contributed by atoms with Crippen molar-refractivity contribution in [3.05, 3.63) is 101 Å². The third-order valence-electron chi connectivity index (χ3n) is 5.50. The molecule has 0 aliphatic carbocycles. The van der Waals surface area contributed by atoms with Crippen LogP contribution in [0.2, 0.25) is 5.02 Å². The number of amides is 1. The van der Waals surface area contributed by atoms with Gasteiger partial charge in [0.15, 0.2) is 0 Å². The lowest BCUT2D eigenvalue weighted by Crippen LogP contribution is -2.29. The average Bonchev–Trinajstić information content (AvgIpc) is 3.21. The van der Waals surface area contributed by atoms with Crippen LogP contribution in [0, 0.1) is 0 Å². The van der Waals surface area contributed by atoms with E-state index >= 15 is 0 Å². The molecule has 158 valence electrons. The van der Waals surface area contributed by atoms with Crippen molar-refractivity contribution in [3.8, 4) is 11.3 Å². The molecule has 2 aromatic heterocycles. The van der Waals surface area contributed by atoms with E-state index in [-0.39, 0.29) is 18.1 Å². The van der Waals surface area contributed by atoms with Crippen molar-refractivity contribution >= 4 is 39.3 Å². The number of H-pyrrole nitrogens is 1. The molecule has 0 saturated carbocycles. The summed E-state index contributed by atoms with van der Waals surface area (Å²) in [5, 5.41) is 15.6. The van der Waals surface area contributed by atoms with E-state index in [1.165, 1.54) is 0 Å². The quantitative estimate of drug-likeness (QED) is 0.337. The summed E-state index contributed by atoms with van der Waals surface area (Å²) in [7, 11) is 0. The molecule has 5 aromatic rings. The maximum Gasteiger partial charge on any atom is 0.270 e. The molecule has 3 aromatic carbocycles. The van der Waals surface area contributed by atoms with Gasteiger partial charge in [-0.2, -0.15) is 0 Å². The van der Waals surface area contributed by atoms with E-state index < -0.39 is 6.10 Å². The van der Waals surface area contributed by atoms with Crippen molar-refractivity contribution in [3.63, 3.8) is 0 Å². The highest BCUT2D eigenvalue weighted by molar-refractivity contribution is 6.33. The average molecular weight is 442 g/mol. The number of carbonyl (C=O) groups is 1. The molecule has 1 amide bonds. The first kappa shape index (κ1) is 20.2.